The van der Waals surface area contributed by atoms with Crippen molar-refractivity contribution < 1.29 is 9.53 Å². The van der Waals surface area contributed by atoms with Crippen LogP contribution in [0.5, 0.6) is 0 Å². The Kier molecular flexibility index (Phi) is 8.32. The molecule has 0 atom stereocenters. The van der Waals surface area contributed by atoms with Gasteiger partial charge in [-0.1, -0.05) is 6.42 Å². The number of hydrogen-bond acceptors (Lipinski definition) is 4. The SMILES string of the molecule is CN=C(NCCCOC)NCCN1CCN(C(=O)C2CCC2)CC1. The van der Waals surface area contributed by atoms with Crippen LogP contribution in [0.15, 0.2) is 4.99 Å². The third-order valence-electron chi connectivity index (χ3n) is 4.90. The molecule has 7 heteroatoms. The molecule has 0 bridgehead atoms. The first-order chi connectivity index (χ1) is 11.7. The van der Waals surface area contributed by atoms with Gasteiger partial charge in [0.05, 0.1) is 0 Å². The van der Waals surface area contributed by atoms with Crippen molar-refractivity contribution in [2.24, 2.45) is 10.9 Å². The van der Waals surface area contributed by atoms with Crippen molar-refractivity contribution in [1.82, 2.24) is 20.4 Å². The van der Waals surface area contributed by atoms with Crippen LogP contribution in [-0.2, 0) is 9.53 Å². The first-order valence-electron chi connectivity index (χ1n) is 9.19. The highest BCUT2D eigenvalue weighted by Crippen LogP contribution is 2.28. The van der Waals surface area contributed by atoms with Crippen LogP contribution in [0, 0.1) is 5.92 Å². The highest BCUT2D eigenvalue weighted by atomic mass is 16.5. The number of ether oxygens (including phenoxy) is 1. The highest BCUT2D eigenvalue weighted by molar-refractivity contribution is 5.80. The predicted octanol–water partition coefficient (Wildman–Crippen LogP) is 0.132. The minimum absolute atomic E-state index is 0.325. The number of piperazine rings is 1. The summed E-state index contributed by atoms with van der Waals surface area (Å²) in [5.74, 6) is 1.55. The zero-order valence-electron chi connectivity index (χ0n) is 15.2. The summed E-state index contributed by atoms with van der Waals surface area (Å²) in [6.45, 7) is 7.15. The minimum atomic E-state index is 0.325. The van der Waals surface area contributed by atoms with Gasteiger partial charge in [0.1, 0.15) is 0 Å². The van der Waals surface area contributed by atoms with Gasteiger partial charge in [0, 0.05) is 72.5 Å². The summed E-state index contributed by atoms with van der Waals surface area (Å²) < 4.78 is 5.03. The van der Waals surface area contributed by atoms with E-state index in [0.29, 0.717) is 11.8 Å². The van der Waals surface area contributed by atoms with Crippen LogP contribution >= 0.6 is 0 Å². The Morgan fingerprint density at radius 3 is 2.46 bits per heavy atom. The van der Waals surface area contributed by atoms with Gasteiger partial charge in [-0.3, -0.25) is 14.7 Å². The molecule has 1 amide bonds. The van der Waals surface area contributed by atoms with Crippen molar-refractivity contribution in [3.63, 3.8) is 0 Å². The molecule has 24 heavy (non-hydrogen) atoms. The number of hydrogen-bond donors (Lipinski definition) is 2. The first kappa shape index (κ1) is 19.0. The smallest absolute Gasteiger partial charge is 0.225 e. The Morgan fingerprint density at radius 1 is 1.17 bits per heavy atom. The van der Waals surface area contributed by atoms with E-state index in [1.807, 2.05) is 0 Å². The number of carbonyl (C=O) groups is 1. The lowest BCUT2D eigenvalue weighted by molar-refractivity contribution is -0.139. The second-order valence-corrected chi connectivity index (χ2v) is 6.57. The maximum atomic E-state index is 12.2. The molecule has 7 nitrogen and oxygen atoms in total. The van der Waals surface area contributed by atoms with Crippen LogP contribution in [0.2, 0.25) is 0 Å². The average molecular weight is 339 g/mol. The zero-order valence-corrected chi connectivity index (χ0v) is 15.2. The molecule has 0 aromatic heterocycles. The Bertz CT molecular complexity index is 404. The lowest BCUT2D eigenvalue weighted by atomic mass is 9.84. The van der Waals surface area contributed by atoms with Gasteiger partial charge in [0.25, 0.3) is 0 Å². The van der Waals surface area contributed by atoms with E-state index in [1.54, 1.807) is 14.2 Å². The van der Waals surface area contributed by atoms with Crippen molar-refractivity contribution in [1.29, 1.82) is 0 Å². The van der Waals surface area contributed by atoms with Gasteiger partial charge >= 0.3 is 0 Å². The number of aliphatic imine (C=N–C) groups is 1. The molecule has 0 spiro atoms. The van der Waals surface area contributed by atoms with Gasteiger partial charge < -0.3 is 20.3 Å². The maximum absolute atomic E-state index is 12.2. The third kappa shape index (κ3) is 5.94. The van der Waals surface area contributed by atoms with Crippen molar-refractivity contribution in [3.05, 3.63) is 0 Å². The second-order valence-electron chi connectivity index (χ2n) is 6.57. The van der Waals surface area contributed by atoms with Crippen molar-refractivity contribution in [3.8, 4) is 0 Å². The van der Waals surface area contributed by atoms with Crippen molar-refractivity contribution in [2.45, 2.75) is 25.7 Å². The molecular formula is C17H33N5O2. The van der Waals surface area contributed by atoms with Gasteiger partial charge in [-0.25, -0.2) is 0 Å². The lowest BCUT2D eigenvalue weighted by Crippen LogP contribution is -2.52. The predicted molar refractivity (Wildman–Crippen MR) is 96.2 cm³/mol. The van der Waals surface area contributed by atoms with E-state index in [1.165, 1.54) is 6.42 Å². The van der Waals surface area contributed by atoms with E-state index in [9.17, 15) is 4.79 Å². The number of methoxy groups -OCH3 is 1. The van der Waals surface area contributed by atoms with E-state index >= 15 is 0 Å². The van der Waals surface area contributed by atoms with Crippen LogP contribution in [0.25, 0.3) is 0 Å². The summed E-state index contributed by atoms with van der Waals surface area (Å²) in [6, 6.07) is 0. The molecule has 1 aliphatic heterocycles. The lowest BCUT2D eigenvalue weighted by Gasteiger charge is -2.38. The zero-order chi connectivity index (χ0) is 17.2. The molecule has 0 unspecified atom stereocenters. The molecule has 138 valence electrons. The Labute approximate surface area is 145 Å². The van der Waals surface area contributed by atoms with E-state index < -0.39 is 0 Å². The number of amides is 1. The molecule has 2 fully saturated rings. The van der Waals surface area contributed by atoms with Gasteiger partial charge in [-0.15, -0.1) is 0 Å². The summed E-state index contributed by atoms with van der Waals surface area (Å²) in [7, 11) is 3.50. The summed E-state index contributed by atoms with van der Waals surface area (Å²) in [4.78, 5) is 20.9. The molecule has 0 aromatic rings. The number of nitrogens with zero attached hydrogens (tertiary/aromatic N) is 3. The van der Waals surface area contributed by atoms with E-state index in [2.05, 4.69) is 25.4 Å². The van der Waals surface area contributed by atoms with E-state index in [-0.39, 0.29) is 0 Å². The summed E-state index contributed by atoms with van der Waals surface area (Å²) in [6.07, 6.45) is 4.38. The van der Waals surface area contributed by atoms with Gasteiger partial charge in [0.15, 0.2) is 5.96 Å². The molecule has 1 heterocycles. The average Bonchev–Trinajstić information content (AvgIpc) is 2.56. The standard InChI is InChI=1S/C17H33N5O2/c1-18-17(19-7-4-14-24-2)20-8-9-21-10-12-22(13-11-21)16(23)15-5-3-6-15/h15H,3-14H2,1-2H3,(H2,18,19,20). The van der Waals surface area contributed by atoms with Crippen LogP contribution in [-0.4, -0.2) is 88.2 Å². The van der Waals surface area contributed by atoms with Crippen molar-refractivity contribution >= 4 is 11.9 Å². The third-order valence-corrected chi connectivity index (χ3v) is 4.90. The Morgan fingerprint density at radius 2 is 1.88 bits per heavy atom. The molecule has 2 N–H and O–H groups in total. The highest BCUT2D eigenvalue weighted by Gasteiger charge is 2.30. The van der Waals surface area contributed by atoms with Gasteiger partial charge in [-0.05, 0) is 19.3 Å². The summed E-state index contributed by atoms with van der Waals surface area (Å²) in [5.41, 5.74) is 0. The normalized spacial score (nSPS) is 19.9. The van der Waals surface area contributed by atoms with Crippen LogP contribution < -0.4 is 10.6 Å². The quantitative estimate of drug-likeness (QED) is 0.374. The number of guanidine groups is 1. The van der Waals surface area contributed by atoms with Crippen LogP contribution in [0.3, 0.4) is 0 Å². The molecule has 0 radical (unpaired) electrons. The number of rotatable bonds is 8. The maximum Gasteiger partial charge on any atom is 0.225 e. The fraction of sp³-hybridized carbons (Fsp3) is 0.882. The molecule has 2 aliphatic rings. The van der Waals surface area contributed by atoms with Crippen LogP contribution in [0.1, 0.15) is 25.7 Å². The topological polar surface area (TPSA) is 69.2 Å². The minimum Gasteiger partial charge on any atom is -0.385 e. The fourth-order valence-electron chi connectivity index (χ4n) is 3.08. The summed E-state index contributed by atoms with van der Waals surface area (Å²) >= 11 is 0. The Hall–Kier alpha value is -1.34. The molecule has 1 saturated carbocycles. The van der Waals surface area contributed by atoms with Gasteiger partial charge in [0.2, 0.25) is 5.91 Å². The van der Waals surface area contributed by atoms with Crippen LogP contribution in [0.4, 0.5) is 0 Å². The number of carbonyl (C=O) groups excluding carboxylic acids is 1. The van der Waals surface area contributed by atoms with E-state index in [4.69, 9.17) is 4.74 Å². The molecule has 1 saturated heterocycles. The molecular weight excluding hydrogens is 306 g/mol. The number of nitrogens with one attached hydrogen (secondary N) is 2. The summed E-state index contributed by atoms with van der Waals surface area (Å²) in [5, 5.41) is 6.62. The fourth-order valence-corrected chi connectivity index (χ4v) is 3.08. The largest absolute Gasteiger partial charge is 0.385 e. The van der Waals surface area contributed by atoms with Gasteiger partial charge in [-0.2, -0.15) is 0 Å². The molecule has 0 aromatic carbocycles. The first-order valence-corrected chi connectivity index (χ1v) is 9.19. The second kappa shape index (κ2) is 10.5. The Balaban J connectivity index is 1.56. The van der Waals surface area contributed by atoms with E-state index in [0.717, 1.165) is 77.6 Å². The van der Waals surface area contributed by atoms with Crippen molar-refractivity contribution in [2.75, 3.05) is 66.6 Å². The molecule has 2 rings (SSSR count). The monoisotopic (exact) mass is 339 g/mol. The molecule has 1 aliphatic carbocycles.